The number of carbonyl (C=O) groups excluding carboxylic acids is 1. The van der Waals surface area contributed by atoms with Crippen LogP contribution in [0.1, 0.15) is 24.8 Å². The predicted octanol–water partition coefficient (Wildman–Crippen LogP) is 2.73. The Morgan fingerprint density at radius 3 is 2.63 bits per heavy atom. The van der Waals surface area contributed by atoms with E-state index in [-0.39, 0.29) is 58.1 Å². The molecule has 0 radical (unpaired) electrons. The third kappa shape index (κ3) is 5.00. The molecule has 1 aliphatic heterocycles. The lowest BCUT2D eigenvalue weighted by Gasteiger charge is -2.32. The molecule has 2 aliphatic rings. The number of hydrogen-bond acceptors (Lipinski definition) is 4. The minimum atomic E-state index is -4.22. The standard InChI is InChI=1S/C17H21F4N3O3/c18-16(9-26-10-16)11-27-13-7-12(1-5-22-13)8-24-14(25)23-6-4-15(2-3-15)17(19,20)21/h1,5,7H,2-4,6,8-11H2,(H2,23,24,25). The molecule has 0 atom stereocenters. The van der Waals surface area contributed by atoms with Gasteiger partial charge in [-0.25, -0.2) is 14.2 Å². The van der Waals surface area contributed by atoms with Crippen LogP contribution in [0.2, 0.25) is 0 Å². The number of nitrogens with zero attached hydrogens (tertiary/aromatic N) is 1. The van der Waals surface area contributed by atoms with Crippen molar-refractivity contribution in [1.29, 1.82) is 0 Å². The third-order valence-corrected chi connectivity index (χ3v) is 4.80. The fraction of sp³-hybridized carbons (Fsp3) is 0.647. The van der Waals surface area contributed by atoms with Crippen molar-refractivity contribution in [1.82, 2.24) is 15.6 Å². The maximum Gasteiger partial charge on any atom is 0.394 e. The van der Waals surface area contributed by atoms with Crippen LogP contribution < -0.4 is 15.4 Å². The lowest BCUT2D eigenvalue weighted by atomic mass is 10.0. The average Bonchev–Trinajstić information content (AvgIpc) is 3.38. The normalized spacial score (nSPS) is 19.7. The van der Waals surface area contributed by atoms with Crippen LogP contribution in [-0.2, 0) is 11.3 Å². The van der Waals surface area contributed by atoms with E-state index in [2.05, 4.69) is 15.6 Å². The van der Waals surface area contributed by atoms with Gasteiger partial charge in [0.15, 0.2) is 5.67 Å². The molecule has 1 aromatic rings. The third-order valence-electron chi connectivity index (χ3n) is 4.80. The predicted molar refractivity (Wildman–Crippen MR) is 87.0 cm³/mol. The van der Waals surface area contributed by atoms with Crippen LogP contribution >= 0.6 is 0 Å². The molecule has 1 saturated heterocycles. The molecule has 0 unspecified atom stereocenters. The molecule has 2 fully saturated rings. The molecule has 3 rings (SSSR count). The SMILES string of the molecule is O=C(NCCC1(C(F)(F)F)CC1)NCc1ccnc(OCC2(F)COC2)c1. The lowest BCUT2D eigenvalue weighted by molar-refractivity contribution is -0.188. The van der Waals surface area contributed by atoms with Gasteiger partial charge in [-0.1, -0.05) is 0 Å². The van der Waals surface area contributed by atoms with E-state index in [1.807, 2.05) is 0 Å². The van der Waals surface area contributed by atoms with Gasteiger partial charge in [0.05, 0.1) is 18.6 Å². The molecule has 1 aromatic heterocycles. The minimum Gasteiger partial charge on any atom is -0.474 e. The van der Waals surface area contributed by atoms with Crippen molar-refractivity contribution in [3.05, 3.63) is 23.9 Å². The van der Waals surface area contributed by atoms with Gasteiger partial charge in [0.25, 0.3) is 0 Å². The summed E-state index contributed by atoms with van der Waals surface area (Å²) >= 11 is 0. The second kappa shape index (κ2) is 7.49. The van der Waals surface area contributed by atoms with E-state index in [0.717, 1.165) is 0 Å². The Hall–Kier alpha value is -2.10. The first-order valence-corrected chi connectivity index (χ1v) is 8.64. The second-order valence-corrected chi connectivity index (χ2v) is 7.07. The Labute approximate surface area is 153 Å². The van der Waals surface area contributed by atoms with E-state index in [4.69, 9.17) is 9.47 Å². The van der Waals surface area contributed by atoms with E-state index < -0.39 is 23.3 Å². The number of amides is 2. The summed E-state index contributed by atoms with van der Waals surface area (Å²) in [5.41, 5.74) is -2.45. The molecule has 0 bridgehead atoms. The number of urea groups is 1. The number of carbonyl (C=O) groups is 1. The number of alkyl halides is 4. The topological polar surface area (TPSA) is 72.5 Å². The van der Waals surface area contributed by atoms with Crippen LogP contribution in [-0.4, -0.2) is 49.2 Å². The zero-order chi connectivity index (χ0) is 19.5. The summed E-state index contributed by atoms with van der Waals surface area (Å²) < 4.78 is 62.4. The van der Waals surface area contributed by atoms with Gasteiger partial charge in [-0.15, -0.1) is 0 Å². The highest BCUT2D eigenvalue weighted by molar-refractivity contribution is 5.73. The summed E-state index contributed by atoms with van der Waals surface area (Å²) in [6, 6.07) is 2.65. The Morgan fingerprint density at radius 1 is 1.30 bits per heavy atom. The summed E-state index contributed by atoms with van der Waals surface area (Å²) in [4.78, 5) is 15.7. The largest absolute Gasteiger partial charge is 0.474 e. The fourth-order valence-corrected chi connectivity index (χ4v) is 2.74. The highest BCUT2D eigenvalue weighted by Crippen LogP contribution is 2.59. The quantitative estimate of drug-likeness (QED) is 0.669. The molecular formula is C17H21F4N3O3. The van der Waals surface area contributed by atoms with Crippen molar-refractivity contribution < 1.29 is 31.8 Å². The van der Waals surface area contributed by atoms with Crippen molar-refractivity contribution in [3.63, 3.8) is 0 Å². The van der Waals surface area contributed by atoms with Crippen molar-refractivity contribution in [2.75, 3.05) is 26.4 Å². The number of ether oxygens (including phenoxy) is 2. The summed E-state index contributed by atoms with van der Waals surface area (Å²) in [6.45, 7) is -0.0951. The average molecular weight is 391 g/mol. The van der Waals surface area contributed by atoms with E-state index >= 15 is 0 Å². The maximum absolute atomic E-state index is 13.8. The van der Waals surface area contributed by atoms with Gasteiger partial charge in [-0.2, -0.15) is 13.2 Å². The molecule has 1 saturated carbocycles. The molecule has 1 aliphatic carbocycles. The molecular weight excluding hydrogens is 370 g/mol. The number of pyridine rings is 1. The molecule has 27 heavy (non-hydrogen) atoms. The summed E-state index contributed by atoms with van der Waals surface area (Å²) in [6.07, 6.45) is -2.64. The zero-order valence-corrected chi connectivity index (χ0v) is 14.6. The van der Waals surface area contributed by atoms with Crippen LogP contribution in [0.3, 0.4) is 0 Å². The highest BCUT2D eigenvalue weighted by atomic mass is 19.4. The molecule has 0 spiro atoms. The first-order valence-electron chi connectivity index (χ1n) is 8.64. The van der Waals surface area contributed by atoms with Crippen molar-refractivity contribution in [2.45, 2.75) is 37.7 Å². The van der Waals surface area contributed by atoms with Crippen LogP contribution in [0, 0.1) is 5.41 Å². The minimum absolute atomic E-state index is 0.00988. The molecule has 10 heteroatoms. The Balaban J connectivity index is 1.38. The summed E-state index contributed by atoms with van der Waals surface area (Å²) in [7, 11) is 0. The van der Waals surface area contributed by atoms with Gasteiger partial charge >= 0.3 is 12.2 Å². The first-order chi connectivity index (χ1) is 12.7. The van der Waals surface area contributed by atoms with Gasteiger partial charge in [-0.3, -0.25) is 0 Å². The summed E-state index contributed by atoms with van der Waals surface area (Å²) in [5.74, 6) is 0.222. The van der Waals surface area contributed by atoms with Gasteiger partial charge < -0.3 is 20.1 Å². The van der Waals surface area contributed by atoms with Gasteiger partial charge in [0, 0.05) is 25.4 Å². The number of halogens is 4. The number of rotatable bonds is 8. The zero-order valence-electron chi connectivity index (χ0n) is 14.6. The Kier molecular flexibility index (Phi) is 5.45. The van der Waals surface area contributed by atoms with E-state index in [1.165, 1.54) is 6.20 Å². The second-order valence-electron chi connectivity index (χ2n) is 7.07. The lowest BCUT2D eigenvalue weighted by Crippen LogP contribution is -2.50. The molecule has 2 heterocycles. The van der Waals surface area contributed by atoms with Crippen LogP contribution in [0.15, 0.2) is 18.3 Å². The molecule has 6 nitrogen and oxygen atoms in total. The maximum atomic E-state index is 13.8. The Bertz CT molecular complexity index is 676. The van der Waals surface area contributed by atoms with E-state index in [1.54, 1.807) is 12.1 Å². The van der Waals surface area contributed by atoms with Crippen molar-refractivity contribution in [3.8, 4) is 5.88 Å². The van der Waals surface area contributed by atoms with Crippen molar-refractivity contribution >= 4 is 6.03 Å². The van der Waals surface area contributed by atoms with Crippen molar-refractivity contribution in [2.24, 2.45) is 5.41 Å². The van der Waals surface area contributed by atoms with Gasteiger partial charge in [-0.05, 0) is 30.9 Å². The highest BCUT2D eigenvalue weighted by Gasteiger charge is 2.62. The Morgan fingerprint density at radius 2 is 2.04 bits per heavy atom. The van der Waals surface area contributed by atoms with Gasteiger partial charge in [0.2, 0.25) is 5.88 Å². The fourth-order valence-electron chi connectivity index (χ4n) is 2.74. The van der Waals surface area contributed by atoms with E-state index in [0.29, 0.717) is 5.56 Å². The molecule has 2 amide bonds. The van der Waals surface area contributed by atoms with Crippen LogP contribution in [0.4, 0.5) is 22.4 Å². The molecule has 2 N–H and O–H groups in total. The molecule has 150 valence electrons. The number of hydrogen-bond donors (Lipinski definition) is 2. The molecule has 0 aromatic carbocycles. The first kappa shape index (κ1) is 19.7. The summed E-state index contributed by atoms with van der Waals surface area (Å²) in [5, 5.41) is 4.99. The number of nitrogens with one attached hydrogen (secondary N) is 2. The van der Waals surface area contributed by atoms with Gasteiger partial charge in [0.1, 0.15) is 6.61 Å². The number of aromatic nitrogens is 1. The van der Waals surface area contributed by atoms with E-state index in [9.17, 15) is 22.4 Å². The van der Waals surface area contributed by atoms with Crippen LogP contribution in [0.5, 0.6) is 5.88 Å². The monoisotopic (exact) mass is 391 g/mol. The van der Waals surface area contributed by atoms with Crippen LogP contribution in [0.25, 0.3) is 0 Å². The smallest absolute Gasteiger partial charge is 0.394 e.